The third-order valence-corrected chi connectivity index (χ3v) is 4.91. The zero-order valence-electron chi connectivity index (χ0n) is 14.5. The summed E-state index contributed by atoms with van der Waals surface area (Å²) in [7, 11) is 1.62. The maximum Gasteiger partial charge on any atom is 0.282 e. The third kappa shape index (κ3) is 3.73. The van der Waals surface area contributed by atoms with Gasteiger partial charge in [0, 0.05) is 14.9 Å². The maximum absolute atomic E-state index is 13.0. The molecule has 0 spiro atoms. The molecule has 5 nitrogen and oxygen atoms in total. The third-order valence-electron chi connectivity index (χ3n) is 3.85. The highest BCUT2D eigenvalue weighted by atomic mass is 79.9. The summed E-state index contributed by atoms with van der Waals surface area (Å²) in [6.45, 7) is 3.97. The average molecular weight is 479 g/mol. The highest BCUT2D eigenvalue weighted by molar-refractivity contribution is 9.11. The highest BCUT2D eigenvalue weighted by Crippen LogP contribution is 2.26. The molecule has 3 aromatic rings. The van der Waals surface area contributed by atoms with Crippen molar-refractivity contribution in [3.8, 4) is 5.75 Å². The van der Waals surface area contributed by atoms with Crippen molar-refractivity contribution in [3.05, 3.63) is 67.1 Å². The second kappa shape index (κ2) is 7.72. The van der Waals surface area contributed by atoms with E-state index in [1.165, 1.54) is 4.68 Å². The smallest absolute Gasteiger partial charge is 0.282 e. The van der Waals surface area contributed by atoms with Gasteiger partial charge in [-0.2, -0.15) is 9.78 Å². The second-order valence-corrected chi connectivity index (χ2v) is 7.81. The van der Waals surface area contributed by atoms with Gasteiger partial charge in [-0.1, -0.05) is 29.8 Å². The lowest BCUT2D eigenvalue weighted by Crippen LogP contribution is -2.23. The van der Waals surface area contributed by atoms with Crippen LogP contribution in [0.3, 0.4) is 0 Å². The summed E-state index contributed by atoms with van der Waals surface area (Å²) >= 11 is 6.91. The number of nitrogens with zero attached hydrogens (tertiary/aromatic N) is 3. The van der Waals surface area contributed by atoms with Gasteiger partial charge in [-0.25, -0.2) is 4.98 Å². The molecule has 134 valence electrons. The quantitative estimate of drug-likeness (QED) is 0.499. The lowest BCUT2D eigenvalue weighted by Gasteiger charge is -2.12. The molecule has 0 saturated carbocycles. The van der Waals surface area contributed by atoms with Crippen molar-refractivity contribution in [2.24, 2.45) is 5.10 Å². The predicted octanol–water partition coefficient (Wildman–Crippen LogP) is 4.94. The Hall–Kier alpha value is -1.99. The molecule has 7 heteroatoms. The number of hydrogen-bond donors (Lipinski definition) is 0. The molecule has 0 N–H and O–H groups in total. The number of methoxy groups -OCH3 is 1. The van der Waals surface area contributed by atoms with Gasteiger partial charge < -0.3 is 4.74 Å². The monoisotopic (exact) mass is 477 g/mol. The number of fused-ring (bicyclic) bond motifs is 1. The topological polar surface area (TPSA) is 56.5 Å². The molecular formula is C19H17Br2N3O2. The number of benzene rings is 2. The Labute approximate surface area is 168 Å². The summed E-state index contributed by atoms with van der Waals surface area (Å²) in [4.78, 5) is 17.7. The minimum Gasteiger partial charge on any atom is -0.497 e. The Balaban J connectivity index is 2.16. The summed E-state index contributed by atoms with van der Waals surface area (Å²) in [5.74, 6) is 1.41. The fourth-order valence-electron chi connectivity index (χ4n) is 2.52. The average Bonchev–Trinajstić information content (AvgIpc) is 2.61. The first-order valence-electron chi connectivity index (χ1n) is 8.01. The Bertz CT molecular complexity index is 1040. The Morgan fingerprint density at radius 1 is 1.19 bits per heavy atom. The zero-order chi connectivity index (χ0) is 18.8. The van der Waals surface area contributed by atoms with E-state index in [9.17, 15) is 4.79 Å². The van der Waals surface area contributed by atoms with E-state index in [0.717, 1.165) is 20.3 Å². The molecule has 0 aliphatic carbocycles. The van der Waals surface area contributed by atoms with Gasteiger partial charge in [0.25, 0.3) is 5.56 Å². The lowest BCUT2D eigenvalue weighted by atomic mass is 10.2. The maximum atomic E-state index is 13.0. The van der Waals surface area contributed by atoms with Crippen molar-refractivity contribution in [3.63, 3.8) is 0 Å². The van der Waals surface area contributed by atoms with Crippen LogP contribution in [0.15, 0.2) is 55.2 Å². The van der Waals surface area contributed by atoms with Gasteiger partial charge in [0.2, 0.25) is 0 Å². The number of aromatic nitrogens is 2. The van der Waals surface area contributed by atoms with Crippen molar-refractivity contribution in [2.75, 3.05) is 7.11 Å². The number of halogens is 2. The van der Waals surface area contributed by atoms with Crippen LogP contribution in [-0.2, 0) is 0 Å². The van der Waals surface area contributed by atoms with E-state index in [0.29, 0.717) is 16.7 Å². The Morgan fingerprint density at radius 3 is 2.50 bits per heavy atom. The fraction of sp³-hybridized carbons (Fsp3) is 0.211. The van der Waals surface area contributed by atoms with E-state index in [-0.39, 0.29) is 11.5 Å². The van der Waals surface area contributed by atoms with Gasteiger partial charge in [-0.05, 0) is 57.9 Å². The van der Waals surface area contributed by atoms with Crippen LogP contribution in [0, 0.1) is 0 Å². The second-order valence-electron chi connectivity index (χ2n) is 6.04. The van der Waals surface area contributed by atoms with Crippen LogP contribution in [-0.4, -0.2) is 23.0 Å². The summed E-state index contributed by atoms with van der Waals surface area (Å²) in [6, 6.07) is 11.1. The van der Waals surface area contributed by atoms with Crippen molar-refractivity contribution in [1.29, 1.82) is 0 Å². The summed E-state index contributed by atoms with van der Waals surface area (Å²) in [6.07, 6.45) is 1.65. The molecule has 0 fully saturated rings. The molecule has 0 saturated heterocycles. The van der Waals surface area contributed by atoms with Crippen LogP contribution in [0.1, 0.15) is 31.2 Å². The van der Waals surface area contributed by atoms with Gasteiger partial charge in [0.1, 0.15) is 11.6 Å². The largest absolute Gasteiger partial charge is 0.497 e. The van der Waals surface area contributed by atoms with Crippen LogP contribution in [0.4, 0.5) is 0 Å². The molecule has 2 aromatic carbocycles. The minimum absolute atomic E-state index is 0.0377. The molecule has 0 radical (unpaired) electrons. The Kier molecular flexibility index (Phi) is 5.58. The molecule has 1 heterocycles. The molecular weight excluding hydrogens is 462 g/mol. The highest BCUT2D eigenvalue weighted by Gasteiger charge is 2.15. The van der Waals surface area contributed by atoms with Crippen LogP contribution < -0.4 is 10.3 Å². The standard InChI is InChI=1S/C19H17Br2N3O2/c1-11(2)18-23-17-15(8-13(20)9-16(17)21)19(25)24(18)22-10-12-4-6-14(26-3)7-5-12/h4-11H,1-3H3. The number of ether oxygens (including phenoxy) is 1. The molecule has 26 heavy (non-hydrogen) atoms. The Morgan fingerprint density at radius 2 is 1.88 bits per heavy atom. The van der Waals surface area contributed by atoms with E-state index in [2.05, 4.69) is 41.9 Å². The normalized spacial score (nSPS) is 11.6. The van der Waals surface area contributed by atoms with Crippen LogP contribution in [0.2, 0.25) is 0 Å². The van der Waals surface area contributed by atoms with E-state index in [1.807, 2.05) is 44.2 Å². The SMILES string of the molecule is COc1ccc(C=Nn2c(C(C)C)nc3c(Br)cc(Br)cc3c2=O)cc1. The number of rotatable bonds is 4. The van der Waals surface area contributed by atoms with Crippen molar-refractivity contribution in [2.45, 2.75) is 19.8 Å². The van der Waals surface area contributed by atoms with Gasteiger partial charge in [0.05, 0.1) is 24.2 Å². The van der Waals surface area contributed by atoms with Crippen molar-refractivity contribution < 1.29 is 4.74 Å². The summed E-state index contributed by atoms with van der Waals surface area (Å²) in [5.41, 5.74) is 1.30. The fourth-order valence-corrected chi connectivity index (χ4v) is 3.84. The molecule has 1 aromatic heterocycles. The molecule has 3 rings (SSSR count). The van der Waals surface area contributed by atoms with Gasteiger partial charge in [0.15, 0.2) is 0 Å². The summed E-state index contributed by atoms with van der Waals surface area (Å²) < 4.78 is 8.10. The first-order chi connectivity index (χ1) is 12.4. The lowest BCUT2D eigenvalue weighted by molar-refractivity contribution is 0.415. The first kappa shape index (κ1) is 18.8. The molecule has 0 bridgehead atoms. The van der Waals surface area contributed by atoms with Gasteiger partial charge in [-0.15, -0.1) is 0 Å². The van der Waals surface area contributed by atoms with E-state index in [1.54, 1.807) is 19.4 Å². The van der Waals surface area contributed by atoms with Crippen LogP contribution in [0.25, 0.3) is 10.9 Å². The number of hydrogen-bond acceptors (Lipinski definition) is 4. The van der Waals surface area contributed by atoms with E-state index < -0.39 is 0 Å². The molecule has 0 atom stereocenters. The van der Waals surface area contributed by atoms with Gasteiger partial charge >= 0.3 is 0 Å². The van der Waals surface area contributed by atoms with E-state index >= 15 is 0 Å². The van der Waals surface area contributed by atoms with Gasteiger partial charge in [-0.3, -0.25) is 4.79 Å². The molecule has 0 aliphatic rings. The molecule has 0 unspecified atom stereocenters. The van der Waals surface area contributed by atoms with Crippen LogP contribution >= 0.6 is 31.9 Å². The molecule has 0 aliphatic heterocycles. The van der Waals surface area contributed by atoms with Crippen molar-refractivity contribution in [1.82, 2.24) is 9.66 Å². The zero-order valence-corrected chi connectivity index (χ0v) is 17.7. The van der Waals surface area contributed by atoms with Crippen molar-refractivity contribution >= 4 is 49.0 Å². The summed E-state index contributed by atoms with van der Waals surface area (Å²) in [5, 5.41) is 4.91. The first-order valence-corrected chi connectivity index (χ1v) is 9.59. The predicted molar refractivity (Wildman–Crippen MR) is 111 cm³/mol. The molecule has 0 amide bonds. The van der Waals surface area contributed by atoms with E-state index in [4.69, 9.17) is 4.74 Å². The van der Waals surface area contributed by atoms with Crippen LogP contribution in [0.5, 0.6) is 5.75 Å². The minimum atomic E-state index is -0.203.